The Morgan fingerprint density at radius 1 is 0.552 bits per heavy atom. The fourth-order valence-electron chi connectivity index (χ4n) is 4.39. The molecule has 176 valence electrons. The topological polar surface area (TPSA) is 27.3 Å². The lowest BCUT2D eigenvalue weighted by molar-refractivity contribution is 0.148. The van der Waals surface area contributed by atoms with Crippen LogP contribution in [0.2, 0.25) is 0 Å². The van der Waals surface area contributed by atoms with Gasteiger partial charge in [0.25, 0.3) is 0 Å². The first-order valence-corrected chi connectivity index (χ1v) is 13.2. The van der Waals surface area contributed by atoms with E-state index in [4.69, 9.17) is 0 Å². The Labute approximate surface area is 185 Å². The summed E-state index contributed by atoms with van der Waals surface area (Å²) in [5.41, 5.74) is 0.0719. The first kappa shape index (κ1) is 28.9. The van der Waals surface area contributed by atoms with Gasteiger partial charge in [0.2, 0.25) is 0 Å². The van der Waals surface area contributed by atoms with E-state index in [0.717, 1.165) is 0 Å². The van der Waals surface area contributed by atoms with Crippen molar-refractivity contribution in [2.24, 2.45) is 0 Å². The van der Waals surface area contributed by atoms with Gasteiger partial charge in [0, 0.05) is 18.6 Å². The zero-order valence-electron chi connectivity index (χ0n) is 21.4. The maximum Gasteiger partial charge on any atom is 0.0703 e. The SMILES string of the molecule is CCCCCCCCCC(CCN(CCCC)CCCC)(NC(C)C)NC(C)C. The van der Waals surface area contributed by atoms with Gasteiger partial charge in [-0.15, -0.1) is 0 Å². The molecule has 3 nitrogen and oxygen atoms in total. The zero-order chi connectivity index (χ0) is 22.0. The monoisotopic (exact) mass is 411 g/mol. The molecule has 0 rings (SSSR count). The van der Waals surface area contributed by atoms with Crippen LogP contribution in [0.15, 0.2) is 0 Å². The predicted molar refractivity (Wildman–Crippen MR) is 133 cm³/mol. The highest BCUT2D eigenvalue weighted by atomic mass is 15.2. The van der Waals surface area contributed by atoms with Crippen LogP contribution >= 0.6 is 0 Å². The van der Waals surface area contributed by atoms with Gasteiger partial charge in [-0.25, -0.2) is 0 Å². The number of nitrogens with one attached hydrogen (secondary N) is 2. The maximum absolute atomic E-state index is 3.97. The number of rotatable bonds is 21. The van der Waals surface area contributed by atoms with E-state index in [1.165, 1.54) is 103 Å². The number of unbranched alkanes of at least 4 members (excludes halogenated alkanes) is 8. The molecule has 0 saturated heterocycles. The average Bonchev–Trinajstić information content (AvgIpc) is 2.65. The molecule has 0 atom stereocenters. The van der Waals surface area contributed by atoms with E-state index in [-0.39, 0.29) is 5.66 Å². The van der Waals surface area contributed by atoms with Crippen LogP contribution in [0.1, 0.15) is 132 Å². The van der Waals surface area contributed by atoms with Gasteiger partial charge in [0.05, 0.1) is 5.66 Å². The zero-order valence-corrected chi connectivity index (χ0v) is 21.4. The Kier molecular flexibility index (Phi) is 18.6. The molecule has 0 amide bonds. The molecule has 0 heterocycles. The van der Waals surface area contributed by atoms with Crippen molar-refractivity contribution < 1.29 is 0 Å². The number of nitrogens with zero attached hydrogens (tertiary/aromatic N) is 1. The lowest BCUT2D eigenvalue weighted by Gasteiger charge is -2.41. The highest BCUT2D eigenvalue weighted by molar-refractivity contribution is 4.89. The predicted octanol–water partition coefficient (Wildman–Crippen LogP) is 7.11. The Morgan fingerprint density at radius 3 is 1.45 bits per heavy atom. The number of hydrogen-bond acceptors (Lipinski definition) is 3. The van der Waals surface area contributed by atoms with Crippen molar-refractivity contribution in [1.29, 1.82) is 0 Å². The van der Waals surface area contributed by atoms with E-state index in [0.29, 0.717) is 12.1 Å². The second-order valence-electron chi connectivity index (χ2n) is 9.85. The summed E-state index contributed by atoms with van der Waals surface area (Å²) in [7, 11) is 0. The first-order valence-electron chi connectivity index (χ1n) is 13.2. The van der Waals surface area contributed by atoms with Gasteiger partial charge in [-0.05, 0) is 66.5 Å². The third-order valence-corrected chi connectivity index (χ3v) is 5.85. The van der Waals surface area contributed by atoms with Crippen LogP contribution in [0.25, 0.3) is 0 Å². The van der Waals surface area contributed by atoms with Crippen LogP contribution < -0.4 is 10.6 Å². The van der Waals surface area contributed by atoms with Crippen molar-refractivity contribution in [2.45, 2.75) is 150 Å². The van der Waals surface area contributed by atoms with E-state index in [1.54, 1.807) is 0 Å². The van der Waals surface area contributed by atoms with E-state index in [2.05, 4.69) is 64.0 Å². The first-order chi connectivity index (χ1) is 13.9. The molecule has 0 aromatic heterocycles. The van der Waals surface area contributed by atoms with Gasteiger partial charge in [-0.1, -0.05) is 78.6 Å². The van der Waals surface area contributed by atoms with Crippen molar-refractivity contribution >= 4 is 0 Å². The van der Waals surface area contributed by atoms with Gasteiger partial charge >= 0.3 is 0 Å². The normalized spacial score (nSPS) is 12.6. The molecule has 29 heavy (non-hydrogen) atoms. The smallest absolute Gasteiger partial charge is 0.0703 e. The quantitative estimate of drug-likeness (QED) is 0.156. The van der Waals surface area contributed by atoms with Crippen molar-refractivity contribution in [3.63, 3.8) is 0 Å². The third kappa shape index (κ3) is 16.3. The molecule has 0 aromatic rings. The fourth-order valence-corrected chi connectivity index (χ4v) is 4.39. The van der Waals surface area contributed by atoms with E-state index >= 15 is 0 Å². The molecule has 0 radical (unpaired) electrons. The second-order valence-corrected chi connectivity index (χ2v) is 9.85. The summed E-state index contributed by atoms with van der Waals surface area (Å²) in [6, 6.07) is 1.01. The van der Waals surface area contributed by atoms with E-state index < -0.39 is 0 Å². The molecular formula is C26H57N3. The summed E-state index contributed by atoms with van der Waals surface area (Å²) in [6.45, 7) is 19.8. The second kappa shape index (κ2) is 18.6. The maximum atomic E-state index is 3.97. The summed E-state index contributed by atoms with van der Waals surface area (Å²) in [5.74, 6) is 0. The van der Waals surface area contributed by atoms with Gasteiger partial charge in [-0.2, -0.15) is 0 Å². The fraction of sp³-hybridized carbons (Fsp3) is 1.00. The minimum absolute atomic E-state index is 0.0719. The summed E-state index contributed by atoms with van der Waals surface area (Å²) in [6.07, 6.45) is 17.4. The summed E-state index contributed by atoms with van der Waals surface area (Å²) in [4.78, 5) is 2.72. The molecule has 0 saturated carbocycles. The van der Waals surface area contributed by atoms with E-state index in [1.807, 2.05) is 0 Å². The molecule has 0 unspecified atom stereocenters. The van der Waals surface area contributed by atoms with Crippen molar-refractivity contribution in [2.75, 3.05) is 19.6 Å². The van der Waals surface area contributed by atoms with Gasteiger partial charge in [-0.3, -0.25) is 10.6 Å². The Morgan fingerprint density at radius 2 is 1.00 bits per heavy atom. The third-order valence-electron chi connectivity index (χ3n) is 5.85. The van der Waals surface area contributed by atoms with Crippen LogP contribution in [0.4, 0.5) is 0 Å². The van der Waals surface area contributed by atoms with Crippen LogP contribution in [0.5, 0.6) is 0 Å². The van der Waals surface area contributed by atoms with Crippen LogP contribution in [-0.2, 0) is 0 Å². The molecule has 0 aliphatic heterocycles. The molecule has 0 aliphatic rings. The molecule has 0 spiro atoms. The lowest BCUT2D eigenvalue weighted by atomic mass is 9.94. The average molecular weight is 412 g/mol. The number of hydrogen-bond donors (Lipinski definition) is 2. The lowest BCUT2D eigenvalue weighted by Crippen LogP contribution is -2.62. The Hall–Kier alpha value is -0.120. The summed E-state index contributed by atoms with van der Waals surface area (Å²) in [5, 5.41) is 7.93. The highest BCUT2D eigenvalue weighted by Gasteiger charge is 2.30. The van der Waals surface area contributed by atoms with Gasteiger partial charge in [0.15, 0.2) is 0 Å². The summed E-state index contributed by atoms with van der Waals surface area (Å²) < 4.78 is 0. The van der Waals surface area contributed by atoms with Crippen molar-refractivity contribution in [3.8, 4) is 0 Å². The highest BCUT2D eigenvalue weighted by Crippen LogP contribution is 2.21. The molecule has 0 aliphatic carbocycles. The standard InChI is InChI=1S/C26H57N3/c1-8-11-14-15-16-17-18-19-26(27-24(4)5,28-25(6)7)20-23-29(21-12-9-2)22-13-10-3/h24-25,27-28H,8-23H2,1-7H3. The van der Waals surface area contributed by atoms with E-state index in [9.17, 15) is 0 Å². The molecule has 0 aromatic carbocycles. The molecule has 3 heteroatoms. The molecule has 0 bridgehead atoms. The van der Waals surface area contributed by atoms with Crippen LogP contribution in [0, 0.1) is 0 Å². The van der Waals surface area contributed by atoms with Crippen molar-refractivity contribution in [3.05, 3.63) is 0 Å². The largest absolute Gasteiger partial charge is 0.303 e. The van der Waals surface area contributed by atoms with Crippen molar-refractivity contribution in [1.82, 2.24) is 15.5 Å². The van der Waals surface area contributed by atoms with Crippen LogP contribution in [-0.4, -0.2) is 42.3 Å². The minimum Gasteiger partial charge on any atom is -0.303 e. The molecule has 0 fully saturated rings. The van der Waals surface area contributed by atoms with Crippen LogP contribution in [0.3, 0.4) is 0 Å². The van der Waals surface area contributed by atoms with Gasteiger partial charge < -0.3 is 4.90 Å². The Balaban J connectivity index is 4.87. The Bertz CT molecular complexity index is 323. The molecule has 2 N–H and O–H groups in total. The summed E-state index contributed by atoms with van der Waals surface area (Å²) >= 11 is 0. The molecular weight excluding hydrogens is 354 g/mol. The minimum atomic E-state index is 0.0719. The van der Waals surface area contributed by atoms with Gasteiger partial charge in [0.1, 0.15) is 0 Å².